The van der Waals surface area contributed by atoms with Crippen LogP contribution < -0.4 is 11.1 Å². The van der Waals surface area contributed by atoms with Crippen LogP contribution in [0.2, 0.25) is 0 Å². The highest BCUT2D eigenvalue weighted by atomic mass is 35.5. The molecule has 1 heterocycles. The van der Waals surface area contributed by atoms with E-state index in [0.29, 0.717) is 18.9 Å². The normalized spacial score (nSPS) is 22.6. The Hall–Kier alpha value is -0.580. The van der Waals surface area contributed by atoms with Crippen molar-refractivity contribution in [2.24, 2.45) is 11.7 Å². The van der Waals surface area contributed by atoms with Crippen molar-refractivity contribution in [3.05, 3.63) is 21.9 Å². The number of halogens is 1. The highest BCUT2D eigenvalue weighted by Crippen LogP contribution is 2.25. The first kappa shape index (κ1) is 16.5. The highest BCUT2D eigenvalue weighted by molar-refractivity contribution is 7.10. The van der Waals surface area contributed by atoms with Crippen LogP contribution >= 0.6 is 23.7 Å². The van der Waals surface area contributed by atoms with Crippen molar-refractivity contribution < 1.29 is 4.79 Å². The number of carbonyl (C=O) groups excluding carboxylic acids is 1. The monoisotopic (exact) mass is 302 g/mol. The smallest absolute Gasteiger partial charge is 0.220 e. The topological polar surface area (TPSA) is 55.1 Å². The Balaban J connectivity index is 0.00000180. The van der Waals surface area contributed by atoms with Gasteiger partial charge in [-0.3, -0.25) is 4.79 Å². The molecule has 0 radical (unpaired) electrons. The molecule has 2 atom stereocenters. The number of amides is 1. The van der Waals surface area contributed by atoms with Crippen molar-refractivity contribution in [3.8, 4) is 0 Å². The summed E-state index contributed by atoms with van der Waals surface area (Å²) >= 11 is 1.70. The number of aryl methyl sites for hydroxylation is 1. The second-order valence-corrected chi connectivity index (χ2v) is 6.22. The summed E-state index contributed by atoms with van der Waals surface area (Å²) < 4.78 is 0. The molecule has 1 fully saturated rings. The van der Waals surface area contributed by atoms with E-state index in [1.807, 2.05) is 0 Å². The average molecular weight is 303 g/mol. The van der Waals surface area contributed by atoms with Crippen molar-refractivity contribution >= 4 is 29.7 Å². The lowest BCUT2D eigenvalue weighted by Gasteiger charge is -2.27. The molecule has 5 heteroatoms. The van der Waals surface area contributed by atoms with E-state index < -0.39 is 0 Å². The molecule has 1 aliphatic rings. The van der Waals surface area contributed by atoms with Crippen LogP contribution in [0.1, 0.15) is 42.5 Å². The fourth-order valence-electron chi connectivity index (χ4n) is 2.56. The second-order valence-electron chi connectivity index (χ2n) is 5.22. The van der Waals surface area contributed by atoms with Gasteiger partial charge in [0.05, 0.1) is 6.54 Å². The van der Waals surface area contributed by atoms with Crippen molar-refractivity contribution in [3.63, 3.8) is 0 Å². The zero-order valence-corrected chi connectivity index (χ0v) is 13.0. The van der Waals surface area contributed by atoms with Gasteiger partial charge in [0.25, 0.3) is 0 Å². The molecule has 1 aromatic rings. The van der Waals surface area contributed by atoms with Crippen LogP contribution in [0.5, 0.6) is 0 Å². The molecule has 3 nitrogen and oxygen atoms in total. The Morgan fingerprint density at radius 1 is 1.47 bits per heavy atom. The van der Waals surface area contributed by atoms with Gasteiger partial charge >= 0.3 is 0 Å². The Morgan fingerprint density at radius 2 is 2.21 bits per heavy atom. The minimum absolute atomic E-state index is 0. The summed E-state index contributed by atoms with van der Waals surface area (Å²) in [5.41, 5.74) is 7.32. The van der Waals surface area contributed by atoms with E-state index in [1.54, 1.807) is 11.3 Å². The lowest BCUT2D eigenvalue weighted by molar-refractivity contribution is -0.122. The molecule has 1 amide bonds. The molecule has 108 valence electrons. The van der Waals surface area contributed by atoms with Crippen LogP contribution in [0.25, 0.3) is 0 Å². The quantitative estimate of drug-likeness (QED) is 0.898. The largest absolute Gasteiger partial charge is 0.351 e. The third-order valence-electron chi connectivity index (χ3n) is 3.83. The Bertz CT molecular complexity index is 408. The molecule has 1 saturated carbocycles. The predicted molar refractivity (Wildman–Crippen MR) is 82.7 cm³/mol. The molecule has 0 aliphatic heterocycles. The molecule has 2 rings (SSSR count). The Labute approximate surface area is 125 Å². The number of hydrogen-bond donors (Lipinski definition) is 2. The third-order valence-corrected chi connectivity index (χ3v) is 4.85. The van der Waals surface area contributed by atoms with Gasteiger partial charge in [-0.2, -0.15) is 0 Å². The average Bonchev–Trinajstić information content (AvgIpc) is 2.75. The highest BCUT2D eigenvalue weighted by Gasteiger charge is 2.23. The summed E-state index contributed by atoms with van der Waals surface area (Å²) in [5, 5.41) is 5.07. The van der Waals surface area contributed by atoms with Crippen molar-refractivity contribution in [1.29, 1.82) is 0 Å². The molecule has 0 spiro atoms. The van der Waals surface area contributed by atoms with Gasteiger partial charge in [-0.05, 0) is 42.7 Å². The predicted octanol–water partition coefficient (Wildman–Crippen LogP) is 3.00. The molecule has 3 N–H and O–H groups in total. The summed E-state index contributed by atoms with van der Waals surface area (Å²) in [6.07, 6.45) is 5.20. The number of rotatable bonds is 4. The number of carbonyl (C=O) groups is 1. The van der Waals surface area contributed by atoms with E-state index in [1.165, 1.54) is 23.3 Å². The summed E-state index contributed by atoms with van der Waals surface area (Å²) in [6.45, 7) is 2.74. The number of hydrogen-bond acceptors (Lipinski definition) is 3. The minimum atomic E-state index is 0. The van der Waals surface area contributed by atoms with E-state index in [9.17, 15) is 4.79 Å². The summed E-state index contributed by atoms with van der Waals surface area (Å²) in [7, 11) is 0. The van der Waals surface area contributed by atoms with Gasteiger partial charge < -0.3 is 11.1 Å². The van der Waals surface area contributed by atoms with E-state index in [2.05, 4.69) is 23.7 Å². The molecular weight excluding hydrogens is 280 g/mol. The van der Waals surface area contributed by atoms with Crippen LogP contribution in [0.15, 0.2) is 11.4 Å². The molecule has 1 aromatic heterocycles. The van der Waals surface area contributed by atoms with Gasteiger partial charge in [0.15, 0.2) is 0 Å². The van der Waals surface area contributed by atoms with Crippen molar-refractivity contribution in [2.45, 2.75) is 51.6 Å². The summed E-state index contributed by atoms with van der Waals surface area (Å²) in [4.78, 5) is 13.1. The fraction of sp³-hybridized carbons (Fsp3) is 0.643. The second kappa shape index (κ2) is 7.88. The minimum Gasteiger partial charge on any atom is -0.351 e. The first-order valence-electron chi connectivity index (χ1n) is 6.72. The summed E-state index contributed by atoms with van der Waals surface area (Å²) in [6, 6.07) is 2.30. The number of nitrogens with two attached hydrogens (primary N) is 1. The molecule has 0 saturated heterocycles. The summed E-state index contributed by atoms with van der Waals surface area (Å²) in [5.74, 6) is 0.522. The van der Waals surface area contributed by atoms with Gasteiger partial charge in [-0.1, -0.05) is 12.8 Å². The zero-order chi connectivity index (χ0) is 13.0. The number of thiophene rings is 1. The fourth-order valence-corrected chi connectivity index (χ4v) is 3.41. The van der Waals surface area contributed by atoms with Gasteiger partial charge in [-0.25, -0.2) is 0 Å². The zero-order valence-electron chi connectivity index (χ0n) is 11.4. The van der Waals surface area contributed by atoms with Crippen LogP contribution in [0, 0.1) is 12.8 Å². The van der Waals surface area contributed by atoms with Gasteiger partial charge in [0.1, 0.15) is 0 Å². The molecule has 0 aromatic carbocycles. The van der Waals surface area contributed by atoms with Gasteiger partial charge in [-0.15, -0.1) is 23.7 Å². The van der Waals surface area contributed by atoms with E-state index in [-0.39, 0.29) is 24.4 Å². The number of nitrogens with one attached hydrogen (secondary N) is 1. The maximum atomic E-state index is 11.9. The van der Waals surface area contributed by atoms with Crippen molar-refractivity contribution in [1.82, 2.24) is 5.32 Å². The first-order valence-corrected chi connectivity index (χ1v) is 7.60. The first-order chi connectivity index (χ1) is 8.66. The SMILES string of the molecule is Cc1ccsc1CNC(=O)CC1CCCCC1N.Cl. The Morgan fingerprint density at radius 3 is 2.84 bits per heavy atom. The van der Waals surface area contributed by atoms with Gasteiger partial charge in [0, 0.05) is 17.3 Å². The van der Waals surface area contributed by atoms with E-state index in [0.717, 1.165) is 12.8 Å². The van der Waals surface area contributed by atoms with Crippen LogP contribution in [-0.2, 0) is 11.3 Å². The maximum Gasteiger partial charge on any atom is 0.220 e. The molecule has 19 heavy (non-hydrogen) atoms. The molecule has 1 aliphatic carbocycles. The van der Waals surface area contributed by atoms with Crippen molar-refractivity contribution in [2.75, 3.05) is 0 Å². The van der Waals surface area contributed by atoms with Crippen LogP contribution in [0.4, 0.5) is 0 Å². The molecular formula is C14H23ClN2OS. The lowest BCUT2D eigenvalue weighted by atomic mass is 9.83. The maximum absolute atomic E-state index is 11.9. The molecule has 2 unspecified atom stereocenters. The third kappa shape index (κ3) is 4.79. The van der Waals surface area contributed by atoms with Crippen LogP contribution in [-0.4, -0.2) is 11.9 Å². The van der Waals surface area contributed by atoms with E-state index >= 15 is 0 Å². The lowest BCUT2D eigenvalue weighted by Crippen LogP contribution is -2.36. The standard InChI is InChI=1S/C14H22N2OS.ClH/c1-10-6-7-18-13(10)9-16-14(17)8-11-4-2-3-5-12(11)15;/h6-7,11-12H,2-5,8-9,15H2,1H3,(H,16,17);1H. The van der Waals surface area contributed by atoms with E-state index in [4.69, 9.17) is 5.73 Å². The molecule has 0 bridgehead atoms. The van der Waals surface area contributed by atoms with Gasteiger partial charge in [0.2, 0.25) is 5.91 Å². The Kier molecular flexibility index (Phi) is 6.83. The van der Waals surface area contributed by atoms with Crippen LogP contribution in [0.3, 0.4) is 0 Å².